The molecule has 0 saturated heterocycles. The summed E-state index contributed by atoms with van der Waals surface area (Å²) in [6, 6.07) is 5.66. The lowest BCUT2D eigenvalue weighted by Crippen LogP contribution is -2.36. The minimum Gasteiger partial charge on any atom is -0.468 e. The minimum absolute atomic E-state index is 0.0581. The van der Waals surface area contributed by atoms with E-state index < -0.39 is 35.3 Å². The molecule has 2 unspecified atom stereocenters. The number of carbonyl (C=O) groups excluding carboxylic acids is 3. The first-order chi connectivity index (χ1) is 13.2. The normalized spacial score (nSPS) is 18.9. The molecule has 1 heterocycles. The monoisotopic (exact) mass is 388 g/mol. The molecule has 0 fully saturated rings. The molecule has 1 aliphatic rings. The highest BCUT2D eigenvalue weighted by atomic mass is 16.6. The predicted octanol–water partition coefficient (Wildman–Crippen LogP) is 2.35. The molecule has 0 saturated carbocycles. The largest absolute Gasteiger partial charge is 0.468 e. The van der Waals surface area contributed by atoms with Crippen LogP contribution in [0.3, 0.4) is 0 Å². The van der Waals surface area contributed by atoms with Crippen molar-refractivity contribution in [3.8, 4) is 0 Å². The van der Waals surface area contributed by atoms with Crippen LogP contribution in [-0.4, -0.2) is 42.1 Å². The number of nitro groups is 1. The smallest absolute Gasteiger partial charge is 0.336 e. The van der Waals surface area contributed by atoms with Crippen molar-refractivity contribution in [2.24, 2.45) is 10.9 Å². The lowest BCUT2D eigenvalue weighted by atomic mass is 9.75. The van der Waals surface area contributed by atoms with E-state index in [0.717, 1.165) is 0 Å². The molecule has 9 nitrogen and oxygen atoms in total. The van der Waals surface area contributed by atoms with Crippen LogP contribution in [0, 0.1) is 16.0 Å². The molecule has 0 amide bonds. The van der Waals surface area contributed by atoms with Crippen molar-refractivity contribution in [2.75, 3.05) is 13.7 Å². The Kier molecular flexibility index (Phi) is 6.40. The second-order valence-electron chi connectivity index (χ2n) is 6.36. The minimum atomic E-state index is -0.962. The third kappa shape index (κ3) is 4.30. The molecule has 9 heteroatoms. The number of ether oxygens (including phenoxy) is 2. The lowest BCUT2D eigenvalue weighted by molar-refractivity contribution is -0.384. The fourth-order valence-electron chi connectivity index (χ4n) is 3.17. The summed E-state index contributed by atoms with van der Waals surface area (Å²) in [5.74, 6) is -3.66. The van der Waals surface area contributed by atoms with Crippen LogP contribution < -0.4 is 0 Å². The number of allylic oxidation sites excluding steroid dienone is 1. The van der Waals surface area contributed by atoms with Crippen molar-refractivity contribution in [3.05, 3.63) is 51.2 Å². The number of nitro benzene ring substituents is 1. The molecule has 0 spiro atoms. The summed E-state index contributed by atoms with van der Waals surface area (Å²) in [6.45, 7) is 4.04. The van der Waals surface area contributed by atoms with E-state index in [1.165, 1.54) is 32.2 Å². The molecule has 1 aromatic rings. The molecular weight excluding hydrogens is 368 g/mol. The SMILES string of the molecule is COC(=O)C1C(C)=NC(C)=C(C(=O)OCC(C)=O)C1c1cccc([N+](=O)[O-])c1. The zero-order valence-electron chi connectivity index (χ0n) is 15.9. The molecule has 0 N–H and O–H groups in total. The highest BCUT2D eigenvalue weighted by molar-refractivity contribution is 6.07. The molecule has 0 radical (unpaired) electrons. The van der Waals surface area contributed by atoms with Gasteiger partial charge in [0.1, 0.15) is 12.5 Å². The van der Waals surface area contributed by atoms with Gasteiger partial charge in [-0.05, 0) is 26.3 Å². The van der Waals surface area contributed by atoms with E-state index in [1.807, 2.05) is 0 Å². The third-order valence-corrected chi connectivity index (χ3v) is 4.35. The maximum atomic E-state index is 12.7. The van der Waals surface area contributed by atoms with E-state index in [2.05, 4.69) is 4.99 Å². The Morgan fingerprint density at radius 2 is 1.93 bits per heavy atom. The molecule has 0 aromatic heterocycles. The van der Waals surface area contributed by atoms with Crippen molar-refractivity contribution >= 4 is 29.1 Å². The first-order valence-electron chi connectivity index (χ1n) is 8.42. The van der Waals surface area contributed by atoms with Crippen LogP contribution in [0.1, 0.15) is 32.3 Å². The van der Waals surface area contributed by atoms with Crippen LogP contribution in [0.4, 0.5) is 5.69 Å². The highest BCUT2D eigenvalue weighted by Crippen LogP contribution is 2.40. The molecule has 1 aromatic carbocycles. The average Bonchev–Trinajstić information content (AvgIpc) is 2.65. The number of Topliss-reactive ketones (excluding diaryl/α,β-unsaturated/α-hetero) is 1. The van der Waals surface area contributed by atoms with E-state index in [-0.39, 0.29) is 17.0 Å². The van der Waals surface area contributed by atoms with Crippen LogP contribution in [-0.2, 0) is 23.9 Å². The lowest BCUT2D eigenvalue weighted by Gasteiger charge is -2.31. The molecule has 148 valence electrons. The second-order valence-corrected chi connectivity index (χ2v) is 6.36. The number of non-ortho nitro benzene ring substituents is 1. The number of rotatable bonds is 6. The fourth-order valence-corrected chi connectivity index (χ4v) is 3.17. The second kappa shape index (κ2) is 8.55. The molecule has 0 aliphatic carbocycles. The van der Waals surface area contributed by atoms with Gasteiger partial charge in [-0.25, -0.2) is 4.79 Å². The molecule has 2 rings (SSSR count). The zero-order valence-corrected chi connectivity index (χ0v) is 15.9. The van der Waals surface area contributed by atoms with E-state index in [1.54, 1.807) is 19.9 Å². The molecular formula is C19H20N2O7. The van der Waals surface area contributed by atoms with Gasteiger partial charge in [0.15, 0.2) is 5.78 Å². The number of hydrogen-bond acceptors (Lipinski definition) is 8. The Balaban J connectivity index is 2.63. The standard InChI is InChI=1S/C19H20N2O7/c1-10(22)9-28-19(24)16-12(3)20-11(2)15(18(23)27-4)17(16)13-6-5-7-14(8-13)21(25)26/h5-8,15,17H,9H2,1-4H3. The fraction of sp³-hybridized carbons (Fsp3) is 0.368. The quantitative estimate of drug-likeness (QED) is 0.416. The van der Waals surface area contributed by atoms with Gasteiger partial charge in [-0.1, -0.05) is 12.1 Å². The van der Waals surface area contributed by atoms with E-state index in [0.29, 0.717) is 17.0 Å². The maximum Gasteiger partial charge on any atom is 0.336 e. The van der Waals surface area contributed by atoms with Crippen LogP contribution >= 0.6 is 0 Å². The first-order valence-corrected chi connectivity index (χ1v) is 8.42. The van der Waals surface area contributed by atoms with Gasteiger partial charge in [-0.3, -0.25) is 24.7 Å². The van der Waals surface area contributed by atoms with Gasteiger partial charge in [0, 0.05) is 29.5 Å². The van der Waals surface area contributed by atoms with Crippen molar-refractivity contribution in [2.45, 2.75) is 26.7 Å². The predicted molar refractivity (Wildman–Crippen MR) is 98.8 cm³/mol. The van der Waals surface area contributed by atoms with E-state index >= 15 is 0 Å². The molecule has 28 heavy (non-hydrogen) atoms. The summed E-state index contributed by atoms with van der Waals surface area (Å²) < 4.78 is 9.91. The van der Waals surface area contributed by atoms with Crippen LogP contribution in [0.25, 0.3) is 0 Å². The maximum absolute atomic E-state index is 12.7. The summed E-state index contributed by atoms with van der Waals surface area (Å²) in [4.78, 5) is 51.2. The summed E-state index contributed by atoms with van der Waals surface area (Å²) in [6.07, 6.45) is 0. The Labute approximate surface area is 161 Å². The number of benzene rings is 1. The Hall–Kier alpha value is -3.36. The summed E-state index contributed by atoms with van der Waals surface area (Å²) in [5, 5.41) is 11.2. The Morgan fingerprint density at radius 3 is 2.50 bits per heavy atom. The van der Waals surface area contributed by atoms with Gasteiger partial charge < -0.3 is 9.47 Å². The Morgan fingerprint density at radius 1 is 1.25 bits per heavy atom. The molecule has 2 atom stereocenters. The van der Waals surface area contributed by atoms with Gasteiger partial charge >= 0.3 is 11.9 Å². The number of methoxy groups -OCH3 is 1. The molecule has 1 aliphatic heterocycles. The van der Waals surface area contributed by atoms with Crippen LogP contribution in [0.5, 0.6) is 0 Å². The van der Waals surface area contributed by atoms with Gasteiger partial charge in [0.25, 0.3) is 5.69 Å². The van der Waals surface area contributed by atoms with E-state index in [4.69, 9.17) is 9.47 Å². The van der Waals surface area contributed by atoms with Gasteiger partial charge in [-0.2, -0.15) is 0 Å². The number of aliphatic imine (C=N–C) groups is 1. The number of nitrogens with zero attached hydrogens (tertiary/aromatic N) is 2. The first kappa shape index (κ1) is 20.9. The van der Waals surface area contributed by atoms with Crippen molar-refractivity contribution in [3.63, 3.8) is 0 Å². The number of esters is 2. The topological polar surface area (TPSA) is 125 Å². The average molecular weight is 388 g/mol. The van der Waals surface area contributed by atoms with Crippen molar-refractivity contribution in [1.82, 2.24) is 0 Å². The summed E-state index contributed by atoms with van der Waals surface area (Å²) in [7, 11) is 1.21. The van der Waals surface area contributed by atoms with Gasteiger partial charge in [0.2, 0.25) is 0 Å². The van der Waals surface area contributed by atoms with E-state index in [9.17, 15) is 24.5 Å². The number of ketones is 1. The highest BCUT2D eigenvalue weighted by Gasteiger charge is 2.42. The van der Waals surface area contributed by atoms with Crippen LogP contribution in [0.15, 0.2) is 40.5 Å². The van der Waals surface area contributed by atoms with Gasteiger partial charge in [-0.15, -0.1) is 0 Å². The Bertz CT molecular complexity index is 901. The number of carbonyl (C=O) groups is 3. The van der Waals surface area contributed by atoms with Gasteiger partial charge in [0.05, 0.1) is 17.6 Å². The van der Waals surface area contributed by atoms with Crippen molar-refractivity contribution < 1.29 is 28.8 Å². The van der Waals surface area contributed by atoms with Crippen molar-refractivity contribution in [1.29, 1.82) is 0 Å². The van der Waals surface area contributed by atoms with Crippen LogP contribution in [0.2, 0.25) is 0 Å². The third-order valence-electron chi connectivity index (χ3n) is 4.35. The zero-order chi connectivity index (χ0) is 21.0. The summed E-state index contributed by atoms with van der Waals surface area (Å²) in [5.41, 5.74) is 0.956. The summed E-state index contributed by atoms with van der Waals surface area (Å²) >= 11 is 0. The number of hydrogen-bond donors (Lipinski definition) is 0. The molecule has 0 bridgehead atoms.